The van der Waals surface area contributed by atoms with Crippen LogP contribution in [0.15, 0.2) is 42.5 Å². The second-order valence-corrected chi connectivity index (χ2v) is 8.77. The lowest BCUT2D eigenvalue weighted by atomic mass is 9.95. The quantitative estimate of drug-likeness (QED) is 0.529. The van der Waals surface area contributed by atoms with Crippen LogP contribution >= 0.6 is 0 Å². The van der Waals surface area contributed by atoms with Crippen LogP contribution in [0.2, 0.25) is 0 Å². The van der Waals surface area contributed by atoms with E-state index in [9.17, 15) is 9.59 Å². The number of carbonyl (C=O) groups excluding carboxylic acids is 1. The van der Waals surface area contributed by atoms with Gasteiger partial charge in [0.05, 0.1) is 26.2 Å². The van der Waals surface area contributed by atoms with Gasteiger partial charge in [0.25, 0.3) is 0 Å². The highest BCUT2D eigenvalue weighted by Crippen LogP contribution is 2.38. The summed E-state index contributed by atoms with van der Waals surface area (Å²) in [6.07, 6.45) is 4.46. The van der Waals surface area contributed by atoms with Crippen LogP contribution in [0.4, 0.5) is 0 Å². The van der Waals surface area contributed by atoms with Gasteiger partial charge in [-0.1, -0.05) is 18.2 Å². The average Bonchev–Trinajstić information content (AvgIpc) is 3.07. The Morgan fingerprint density at radius 1 is 1.09 bits per heavy atom. The molecule has 0 saturated carbocycles. The molecule has 2 heterocycles. The molecule has 1 amide bonds. The largest absolute Gasteiger partial charge is 0.493 e. The molecule has 0 aliphatic carbocycles. The van der Waals surface area contributed by atoms with Gasteiger partial charge in [0.1, 0.15) is 17.2 Å². The van der Waals surface area contributed by atoms with Crippen molar-refractivity contribution in [1.29, 1.82) is 0 Å². The third kappa shape index (κ3) is 6.63. The summed E-state index contributed by atoms with van der Waals surface area (Å²) in [5, 5.41) is 12.0. The number of nitrogens with one attached hydrogen (secondary N) is 1. The number of benzene rings is 2. The molecule has 0 spiro atoms. The van der Waals surface area contributed by atoms with E-state index in [4.69, 9.17) is 19.3 Å². The van der Waals surface area contributed by atoms with Crippen molar-refractivity contribution in [2.45, 2.75) is 44.4 Å². The molecule has 7 heteroatoms. The zero-order valence-electron chi connectivity index (χ0n) is 18.8. The predicted molar refractivity (Wildman–Crippen MR) is 123 cm³/mol. The van der Waals surface area contributed by atoms with E-state index in [1.165, 1.54) is 5.56 Å². The maximum atomic E-state index is 11.5. The second-order valence-electron chi connectivity index (χ2n) is 8.77. The van der Waals surface area contributed by atoms with Gasteiger partial charge in [-0.15, -0.1) is 0 Å². The van der Waals surface area contributed by atoms with Gasteiger partial charge in [-0.2, -0.15) is 0 Å². The van der Waals surface area contributed by atoms with Crippen LogP contribution in [-0.2, 0) is 16.0 Å². The standard InChI is InChI=1S/C26H31NO6/c28-25-4-1-3-19(16-27-25)13-18-5-7-21(8-6-18)31-11-2-12-32-22-9-10-23-20(14-26(29)30)17-33-24(23)15-22/h5-10,15,19-20H,1-4,11-14,16-17H2,(H,27,28)(H,29,30). The van der Waals surface area contributed by atoms with Gasteiger partial charge in [-0.05, 0) is 48.9 Å². The fourth-order valence-electron chi connectivity index (χ4n) is 4.39. The number of rotatable bonds is 10. The summed E-state index contributed by atoms with van der Waals surface area (Å²) in [6, 6.07) is 13.8. The van der Waals surface area contributed by atoms with E-state index in [2.05, 4.69) is 17.4 Å². The van der Waals surface area contributed by atoms with Crippen molar-refractivity contribution in [2.75, 3.05) is 26.4 Å². The summed E-state index contributed by atoms with van der Waals surface area (Å²) in [5.74, 6) is 2.00. The van der Waals surface area contributed by atoms with Gasteiger partial charge in [-0.25, -0.2) is 0 Å². The molecule has 1 fully saturated rings. The lowest BCUT2D eigenvalue weighted by molar-refractivity contribution is -0.137. The van der Waals surface area contributed by atoms with Crippen molar-refractivity contribution >= 4 is 11.9 Å². The number of amides is 1. The van der Waals surface area contributed by atoms with Crippen molar-refractivity contribution in [3.05, 3.63) is 53.6 Å². The first-order valence-corrected chi connectivity index (χ1v) is 11.7. The number of ether oxygens (including phenoxy) is 3. The van der Waals surface area contributed by atoms with Gasteiger partial charge in [0.2, 0.25) is 5.91 Å². The molecule has 2 aromatic rings. The molecule has 1 saturated heterocycles. The summed E-state index contributed by atoms with van der Waals surface area (Å²) >= 11 is 0. The normalized spacial score (nSPS) is 19.7. The van der Waals surface area contributed by atoms with Crippen LogP contribution in [-0.4, -0.2) is 43.3 Å². The molecule has 0 bridgehead atoms. The van der Waals surface area contributed by atoms with Crippen LogP contribution in [0.5, 0.6) is 17.2 Å². The minimum atomic E-state index is -0.818. The maximum Gasteiger partial charge on any atom is 0.304 e. The van der Waals surface area contributed by atoms with Crippen LogP contribution in [0.3, 0.4) is 0 Å². The highest BCUT2D eigenvalue weighted by atomic mass is 16.5. The fraction of sp³-hybridized carbons (Fsp3) is 0.462. The third-order valence-corrected chi connectivity index (χ3v) is 6.16. The summed E-state index contributed by atoms with van der Waals surface area (Å²) < 4.78 is 17.3. The van der Waals surface area contributed by atoms with E-state index in [1.807, 2.05) is 30.3 Å². The Morgan fingerprint density at radius 3 is 2.64 bits per heavy atom. The van der Waals surface area contributed by atoms with Crippen LogP contribution < -0.4 is 19.5 Å². The van der Waals surface area contributed by atoms with Gasteiger partial charge in [0.15, 0.2) is 0 Å². The van der Waals surface area contributed by atoms with Crippen LogP contribution in [0.1, 0.15) is 49.1 Å². The minimum Gasteiger partial charge on any atom is -0.493 e. The number of hydrogen-bond donors (Lipinski definition) is 2. The first kappa shape index (κ1) is 23.0. The third-order valence-electron chi connectivity index (χ3n) is 6.16. The summed E-state index contributed by atoms with van der Waals surface area (Å²) in [5.41, 5.74) is 2.19. The second kappa shape index (κ2) is 11.1. The lowest BCUT2D eigenvalue weighted by Crippen LogP contribution is -2.26. The smallest absolute Gasteiger partial charge is 0.304 e. The molecule has 2 unspecified atom stereocenters. The van der Waals surface area contributed by atoms with Crippen molar-refractivity contribution in [2.24, 2.45) is 5.92 Å². The first-order chi connectivity index (χ1) is 16.1. The Bertz CT molecular complexity index is 958. The van der Waals surface area contributed by atoms with E-state index >= 15 is 0 Å². The highest BCUT2D eigenvalue weighted by molar-refractivity contribution is 5.76. The minimum absolute atomic E-state index is 0.0737. The lowest BCUT2D eigenvalue weighted by Gasteiger charge is -2.14. The molecule has 2 aliphatic heterocycles. The molecule has 2 N–H and O–H groups in total. The van der Waals surface area contributed by atoms with E-state index in [-0.39, 0.29) is 18.2 Å². The number of fused-ring (bicyclic) bond motifs is 1. The molecule has 2 aliphatic rings. The molecule has 4 rings (SSSR count). The van der Waals surface area contributed by atoms with E-state index < -0.39 is 5.97 Å². The SMILES string of the molecule is O=C(O)CC1COc2cc(OCCCOc3ccc(CC4CCCC(=O)NC4)cc3)ccc21. The van der Waals surface area contributed by atoms with E-state index in [1.54, 1.807) is 0 Å². The predicted octanol–water partition coefficient (Wildman–Crippen LogP) is 3.94. The molecule has 0 radical (unpaired) electrons. The number of carbonyl (C=O) groups is 2. The van der Waals surface area contributed by atoms with Gasteiger partial charge in [-0.3, -0.25) is 9.59 Å². The molecule has 2 aromatic carbocycles. The van der Waals surface area contributed by atoms with E-state index in [0.29, 0.717) is 43.7 Å². The highest BCUT2D eigenvalue weighted by Gasteiger charge is 2.26. The molecule has 176 valence electrons. The Hall–Kier alpha value is -3.22. The van der Waals surface area contributed by atoms with Crippen molar-refractivity contribution < 1.29 is 28.9 Å². The van der Waals surface area contributed by atoms with Gasteiger partial charge in [0, 0.05) is 36.9 Å². The number of hydrogen-bond acceptors (Lipinski definition) is 5. The Morgan fingerprint density at radius 2 is 1.85 bits per heavy atom. The van der Waals surface area contributed by atoms with Crippen LogP contribution in [0.25, 0.3) is 0 Å². The van der Waals surface area contributed by atoms with Crippen molar-refractivity contribution in [3.63, 3.8) is 0 Å². The van der Waals surface area contributed by atoms with E-state index in [0.717, 1.165) is 43.5 Å². The molecule has 7 nitrogen and oxygen atoms in total. The van der Waals surface area contributed by atoms with Gasteiger partial charge >= 0.3 is 5.97 Å². The summed E-state index contributed by atoms with van der Waals surface area (Å²) in [4.78, 5) is 22.4. The Kier molecular flexibility index (Phi) is 7.70. The maximum absolute atomic E-state index is 11.5. The fourth-order valence-corrected chi connectivity index (χ4v) is 4.39. The first-order valence-electron chi connectivity index (χ1n) is 11.7. The number of carboxylic acids is 1. The topological polar surface area (TPSA) is 94.1 Å². The van der Waals surface area contributed by atoms with Crippen molar-refractivity contribution in [1.82, 2.24) is 5.32 Å². The number of aliphatic carboxylic acids is 1. The zero-order chi connectivity index (χ0) is 23.0. The monoisotopic (exact) mass is 453 g/mol. The molecule has 2 atom stereocenters. The Balaban J connectivity index is 1.16. The summed E-state index contributed by atoms with van der Waals surface area (Å²) in [7, 11) is 0. The summed E-state index contributed by atoms with van der Waals surface area (Å²) in [6.45, 7) is 2.23. The van der Waals surface area contributed by atoms with Crippen LogP contribution in [0, 0.1) is 5.92 Å². The van der Waals surface area contributed by atoms with Crippen molar-refractivity contribution in [3.8, 4) is 17.2 Å². The van der Waals surface area contributed by atoms with Gasteiger partial charge < -0.3 is 24.6 Å². The average molecular weight is 454 g/mol. The Labute approximate surface area is 194 Å². The molecular formula is C26H31NO6. The molecule has 0 aromatic heterocycles. The number of carboxylic acid groups (broad SMARTS) is 1. The molecule has 33 heavy (non-hydrogen) atoms. The zero-order valence-corrected chi connectivity index (χ0v) is 18.8. The molecular weight excluding hydrogens is 422 g/mol.